The van der Waals surface area contributed by atoms with Crippen molar-refractivity contribution >= 4 is 15.9 Å². The molecule has 0 spiro atoms. The Bertz CT molecular complexity index is 1040. The maximum Gasteiger partial charge on any atom is 0.252 e. The lowest BCUT2D eigenvalue weighted by Crippen LogP contribution is -2.38. The molecule has 0 unspecified atom stereocenters. The molecule has 5 nitrogen and oxygen atoms in total. The maximum absolute atomic E-state index is 13.1. The van der Waals surface area contributed by atoms with Gasteiger partial charge in [-0.2, -0.15) is 4.31 Å². The van der Waals surface area contributed by atoms with Crippen LogP contribution in [0, 0.1) is 26.7 Å². The quantitative estimate of drug-likeness (QED) is 0.761. The number of rotatable bonds is 5. The normalized spacial score (nSPS) is 17.0. The van der Waals surface area contributed by atoms with Gasteiger partial charge in [-0.3, -0.25) is 4.79 Å². The first-order valence-electron chi connectivity index (χ1n) is 10.6. The van der Waals surface area contributed by atoms with Gasteiger partial charge in [-0.15, -0.1) is 0 Å². The lowest BCUT2D eigenvalue weighted by Gasteiger charge is -2.29. The van der Waals surface area contributed by atoms with Gasteiger partial charge in [0.25, 0.3) is 5.91 Å². The maximum atomic E-state index is 13.1. The number of hydrogen-bond acceptors (Lipinski definition) is 3. The third kappa shape index (κ3) is 4.76. The van der Waals surface area contributed by atoms with Crippen LogP contribution in [0.5, 0.6) is 0 Å². The smallest absolute Gasteiger partial charge is 0.252 e. The van der Waals surface area contributed by atoms with E-state index in [0.29, 0.717) is 24.6 Å². The summed E-state index contributed by atoms with van der Waals surface area (Å²) < 4.78 is 27.7. The van der Waals surface area contributed by atoms with Crippen LogP contribution in [0.4, 0.5) is 0 Å². The summed E-state index contributed by atoms with van der Waals surface area (Å²) in [5.41, 5.74) is 4.51. The zero-order chi connectivity index (χ0) is 22.1. The van der Waals surface area contributed by atoms with Gasteiger partial charge in [0.2, 0.25) is 10.0 Å². The fraction of sp³-hybridized carbons (Fsp3) is 0.458. The number of aryl methyl sites for hydroxylation is 3. The fourth-order valence-corrected chi connectivity index (χ4v) is 5.54. The largest absolute Gasteiger partial charge is 0.345 e. The van der Waals surface area contributed by atoms with Crippen molar-refractivity contribution in [1.29, 1.82) is 0 Å². The summed E-state index contributed by atoms with van der Waals surface area (Å²) in [5, 5.41) is 3.03. The molecule has 0 bridgehead atoms. The summed E-state index contributed by atoms with van der Waals surface area (Å²) in [4.78, 5) is 13.2. The van der Waals surface area contributed by atoms with Crippen LogP contribution < -0.4 is 5.32 Å². The van der Waals surface area contributed by atoms with Gasteiger partial charge in [0, 0.05) is 18.7 Å². The summed E-state index contributed by atoms with van der Waals surface area (Å²) in [6.07, 6.45) is 1.73. The van der Waals surface area contributed by atoms with Gasteiger partial charge in [-0.1, -0.05) is 36.8 Å². The molecule has 0 aliphatic carbocycles. The lowest BCUT2D eigenvalue weighted by molar-refractivity contribution is 0.0939. The lowest BCUT2D eigenvalue weighted by atomic mass is 9.99. The van der Waals surface area contributed by atoms with E-state index in [-0.39, 0.29) is 16.8 Å². The molecule has 0 aromatic heterocycles. The van der Waals surface area contributed by atoms with E-state index in [2.05, 4.69) is 18.3 Å². The molecule has 1 fully saturated rings. The van der Waals surface area contributed by atoms with Crippen molar-refractivity contribution in [3.05, 3.63) is 64.2 Å². The van der Waals surface area contributed by atoms with E-state index >= 15 is 0 Å². The van der Waals surface area contributed by atoms with Gasteiger partial charge in [-0.25, -0.2) is 8.42 Å². The number of amides is 1. The summed E-state index contributed by atoms with van der Waals surface area (Å²) in [7, 11) is -3.60. The van der Waals surface area contributed by atoms with Crippen molar-refractivity contribution in [2.45, 2.75) is 58.4 Å². The highest BCUT2D eigenvalue weighted by Gasteiger charge is 2.29. The molecule has 1 atom stereocenters. The van der Waals surface area contributed by atoms with Crippen molar-refractivity contribution in [1.82, 2.24) is 9.62 Å². The van der Waals surface area contributed by atoms with Crippen molar-refractivity contribution in [2.75, 3.05) is 13.1 Å². The number of nitrogens with zero attached hydrogens (tertiary/aromatic N) is 1. The molecule has 1 N–H and O–H groups in total. The molecule has 1 saturated heterocycles. The minimum absolute atomic E-state index is 0.179. The Morgan fingerprint density at radius 1 is 1.03 bits per heavy atom. The van der Waals surface area contributed by atoms with E-state index in [1.165, 1.54) is 15.9 Å². The van der Waals surface area contributed by atoms with Crippen LogP contribution in [0.15, 0.2) is 41.3 Å². The second kappa shape index (κ2) is 8.90. The Morgan fingerprint density at radius 3 is 2.33 bits per heavy atom. The van der Waals surface area contributed by atoms with E-state index < -0.39 is 10.0 Å². The van der Waals surface area contributed by atoms with Crippen LogP contribution in [-0.4, -0.2) is 31.7 Å². The fourth-order valence-electron chi connectivity index (χ4n) is 4.04. The van der Waals surface area contributed by atoms with Gasteiger partial charge in [0.05, 0.1) is 10.9 Å². The van der Waals surface area contributed by atoms with Crippen molar-refractivity contribution < 1.29 is 13.2 Å². The Labute approximate surface area is 180 Å². The van der Waals surface area contributed by atoms with Gasteiger partial charge < -0.3 is 5.32 Å². The number of piperidine rings is 1. The van der Waals surface area contributed by atoms with Crippen LogP contribution in [0.3, 0.4) is 0 Å². The average Bonchev–Trinajstić information content (AvgIpc) is 2.68. The van der Waals surface area contributed by atoms with Gasteiger partial charge in [0.1, 0.15) is 0 Å². The van der Waals surface area contributed by atoms with Crippen molar-refractivity contribution in [2.24, 2.45) is 5.92 Å². The number of carbonyl (C=O) groups excluding carboxylic acids is 1. The molecule has 6 heteroatoms. The first kappa shape index (κ1) is 22.5. The zero-order valence-electron chi connectivity index (χ0n) is 18.5. The first-order chi connectivity index (χ1) is 14.1. The second-order valence-electron chi connectivity index (χ2n) is 8.62. The average molecular weight is 429 g/mol. The molecule has 3 rings (SSSR count). The highest BCUT2D eigenvalue weighted by Crippen LogP contribution is 2.25. The molecule has 1 heterocycles. The third-order valence-electron chi connectivity index (χ3n) is 6.07. The van der Waals surface area contributed by atoms with Crippen molar-refractivity contribution in [3.8, 4) is 0 Å². The Kier molecular flexibility index (Phi) is 6.68. The molecule has 2 aromatic carbocycles. The van der Waals surface area contributed by atoms with Gasteiger partial charge >= 0.3 is 0 Å². The summed E-state index contributed by atoms with van der Waals surface area (Å²) in [6, 6.07) is 10.8. The van der Waals surface area contributed by atoms with Crippen LogP contribution in [0.25, 0.3) is 0 Å². The third-order valence-corrected chi connectivity index (χ3v) is 7.97. The molecule has 0 radical (unpaired) electrons. The summed E-state index contributed by atoms with van der Waals surface area (Å²) in [6.45, 7) is 11.1. The van der Waals surface area contributed by atoms with Crippen LogP contribution >= 0.6 is 0 Å². The highest BCUT2D eigenvalue weighted by molar-refractivity contribution is 7.89. The Hall–Kier alpha value is -2.18. The van der Waals surface area contributed by atoms with Crippen LogP contribution in [0.1, 0.15) is 65.3 Å². The van der Waals surface area contributed by atoms with Crippen LogP contribution in [0.2, 0.25) is 0 Å². The van der Waals surface area contributed by atoms with Crippen LogP contribution in [-0.2, 0) is 10.0 Å². The minimum atomic E-state index is -3.60. The predicted molar refractivity (Wildman–Crippen MR) is 120 cm³/mol. The summed E-state index contributed by atoms with van der Waals surface area (Å²) >= 11 is 0. The Balaban J connectivity index is 1.83. The highest BCUT2D eigenvalue weighted by atomic mass is 32.2. The molecular formula is C24H32N2O3S. The second-order valence-corrected chi connectivity index (χ2v) is 10.6. The number of sulfonamides is 1. The predicted octanol–water partition coefficient (Wildman–Crippen LogP) is 4.52. The molecule has 1 amide bonds. The minimum Gasteiger partial charge on any atom is -0.345 e. The van der Waals surface area contributed by atoms with E-state index in [4.69, 9.17) is 0 Å². The molecular weight excluding hydrogens is 396 g/mol. The molecule has 162 valence electrons. The monoisotopic (exact) mass is 428 g/mol. The first-order valence-corrected chi connectivity index (χ1v) is 12.0. The number of nitrogens with one attached hydrogen (secondary N) is 1. The number of benzene rings is 2. The zero-order valence-corrected chi connectivity index (χ0v) is 19.3. The standard InChI is InChI=1S/C24H32N2O3S/c1-16-10-12-26(13-11-16)30(28,29)21-8-7-18(3)23(15-21)24(27)25-20(5)22-9-6-17(2)14-19(22)4/h6-9,14-16,20H,10-13H2,1-5H3,(H,25,27)/t20-/m0/s1. The number of hydrogen-bond donors (Lipinski definition) is 1. The molecule has 1 aliphatic rings. The van der Waals surface area contributed by atoms with E-state index in [0.717, 1.165) is 29.5 Å². The van der Waals surface area contributed by atoms with E-state index in [9.17, 15) is 13.2 Å². The summed E-state index contributed by atoms with van der Waals surface area (Å²) in [5.74, 6) is 0.284. The van der Waals surface area contributed by atoms with Crippen molar-refractivity contribution in [3.63, 3.8) is 0 Å². The SMILES string of the molecule is Cc1ccc([C@H](C)NC(=O)c2cc(S(=O)(=O)N3CCC(C)CC3)ccc2C)c(C)c1. The van der Waals surface area contributed by atoms with Gasteiger partial charge in [0.15, 0.2) is 0 Å². The molecule has 2 aromatic rings. The van der Waals surface area contributed by atoms with E-state index in [1.807, 2.05) is 39.8 Å². The topological polar surface area (TPSA) is 66.5 Å². The number of carbonyl (C=O) groups is 1. The molecule has 0 saturated carbocycles. The van der Waals surface area contributed by atoms with Gasteiger partial charge in [-0.05, 0) is 75.3 Å². The molecule has 1 aliphatic heterocycles. The van der Waals surface area contributed by atoms with E-state index in [1.54, 1.807) is 12.1 Å². The Morgan fingerprint density at radius 2 is 1.70 bits per heavy atom. The molecule has 30 heavy (non-hydrogen) atoms.